The second-order valence-electron chi connectivity index (χ2n) is 8.73. The third kappa shape index (κ3) is 5.78. The summed E-state index contributed by atoms with van der Waals surface area (Å²) in [5, 5.41) is 0. The van der Waals surface area contributed by atoms with E-state index in [2.05, 4.69) is 4.90 Å². The van der Waals surface area contributed by atoms with Crippen molar-refractivity contribution in [1.82, 2.24) is 14.7 Å². The summed E-state index contributed by atoms with van der Waals surface area (Å²) in [7, 11) is 0. The first-order chi connectivity index (χ1) is 15.6. The molecule has 2 aliphatic heterocycles. The Morgan fingerprint density at radius 3 is 2.41 bits per heavy atom. The Balaban J connectivity index is 1.34. The van der Waals surface area contributed by atoms with Gasteiger partial charge < -0.3 is 19.0 Å². The number of morpholine rings is 1. The lowest BCUT2D eigenvalue weighted by molar-refractivity contribution is -0.138. The number of nitrogens with zero attached hydrogens (tertiary/aromatic N) is 3. The predicted octanol–water partition coefficient (Wildman–Crippen LogP) is 2.80. The quantitative estimate of drug-likeness (QED) is 0.664. The van der Waals surface area contributed by atoms with Gasteiger partial charge in [-0.05, 0) is 44.0 Å². The van der Waals surface area contributed by atoms with E-state index in [0.717, 1.165) is 44.2 Å². The average Bonchev–Trinajstić information content (AvgIpc) is 3.35. The SMILES string of the molecule is Cc1ccc(C(=O)N2CCC(C(=O)N(CCN3CCOCC3)Cc3ccco3)CC2)cc1. The third-order valence-corrected chi connectivity index (χ3v) is 6.46. The van der Waals surface area contributed by atoms with Gasteiger partial charge in [0, 0.05) is 50.7 Å². The van der Waals surface area contributed by atoms with Crippen LogP contribution in [0.2, 0.25) is 0 Å². The van der Waals surface area contributed by atoms with Crippen molar-refractivity contribution in [3.8, 4) is 0 Å². The maximum Gasteiger partial charge on any atom is 0.253 e. The molecule has 0 N–H and O–H groups in total. The van der Waals surface area contributed by atoms with Crippen molar-refractivity contribution in [3.05, 3.63) is 59.5 Å². The first-order valence-corrected chi connectivity index (χ1v) is 11.6. The highest BCUT2D eigenvalue weighted by Gasteiger charge is 2.31. The largest absolute Gasteiger partial charge is 0.467 e. The van der Waals surface area contributed by atoms with Crippen LogP contribution in [0.15, 0.2) is 47.1 Å². The number of piperidine rings is 1. The van der Waals surface area contributed by atoms with Crippen LogP contribution in [0.4, 0.5) is 0 Å². The molecule has 0 spiro atoms. The highest BCUT2D eigenvalue weighted by Crippen LogP contribution is 2.22. The maximum atomic E-state index is 13.4. The van der Waals surface area contributed by atoms with E-state index in [1.807, 2.05) is 53.1 Å². The lowest BCUT2D eigenvalue weighted by Crippen LogP contribution is -2.47. The molecule has 2 amide bonds. The Kier molecular flexibility index (Phi) is 7.60. The molecule has 7 nitrogen and oxygen atoms in total. The number of carbonyl (C=O) groups excluding carboxylic acids is 2. The number of rotatable bonds is 7. The van der Waals surface area contributed by atoms with Crippen LogP contribution in [0, 0.1) is 12.8 Å². The van der Waals surface area contributed by atoms with Crippen molar-refractivity contribution in [2.24, 2.45) is 5.92 Å². The smallest absolute Gasteiger partial charge is 0.253 e. The van der Waals surface area contributed by atoms with Crippen molar-refractivity contribution < 1.29 is 18.7 Å². The first kappa shape index (κ1) is 22.6. The summed E-state index contributed by atoms with van der Waals surface area (Å²) in [6, 6.07) is 11.5. The molecule has 0 atom stereocenters. The van der Waals surface area contributed by atoms with Gasteiger partial charge in [-0.2, -0.15) is 0 Å². The topological polar surface area (TPSA) is 66.2 Å². The first-order valence-electron chi connectivity index (χ1n) is 11.6. The Bertz CT molecular complexity index is 867. The van der Waals surface area contributed by atoms with Crippen molar-refractivity contribution in [2.45, 2.75) is 26.3 Å². The zero-order valence-electron chi connectivity index (χ0n) is 18.9. The van der Waals surface area contributed by atoms with E-state index in [1.54, 1.807) is 6.26 Å². The van der Waals surface area contributed by atoms with E-state index in [1.165, 1.54) is 0 Å². The van der Waals surface area contributed by atoms with E-state index in [9.17, 15) is 9.59 Å². The zero-order valence-corrected chi connectivity index (χ0v) is 18.9. The van der Waals surface area contributed by atoms with Gasteiger partial charge in [0.1, 0.15) is 5.76 Å². The standard InChI is InChI=1S/C25H33N3O4/c1-20-4-6-21(7-5-20)24(29)27-10-8-22(9-11-27)25(30)28(19-23-3-2-16-32-23)13-12-26-14-17-31-18-15-26/h2-7,16,22H,8-15,17-19H2,1H3. The van der Waals surface area contributed by atoms with Crippen LogP contribution in [-0.4, -0.2) is 79.0 Å². The van der Waals surface area contributed by atoms with E-state index < -0.39 is 0 Å². The van der Waals surface area contributed by atoms with Gasteiger partial charge in [0.15, 0.2) is 0 Å². The molecule has 2 aliphatic rings. The lowest BCUT2D eigenvalue weighted by Gasteiger charge is -2.35. The van der Waals surface area contributed by atoms with Gasteiger partial charge in [-0.25, -0.2) is 0 Å². The fraction of sp³-hybridized carbons (Fsp3) is 0.520. The van der Waals surface area contributed by atoms with Crippen molar-refractivity contribution in [2.75, 3.05) is 52.5 Å². The van der Waals surface area contributed by atoms with Crippen LogP contribution >= 0.6 is 0 Å². The molecule has 0 saturated carbocycles. The van der Waals surface area contributed by atoms with Crippen LogP contribution in [-0.2, 0) is 16.1 Å². The molecule has 7 heteroatoms. The number of amides is 2. The van der Waals surface area contributed by atoms with Gasteiger partial charge in [-0.3, -0.25) is 14.5 Å². The molecule has 2 fully saturated rings. The lowest BCUT2D eigenvalue weighted by atomic mass is 9.94. The summed E-state index contributed by atoms with van der Waals surface area (Å²) in [6.07, 6.45) is 3.04. The van der Waals surface area contributed by atoms with Crippen LogP contribution < -0.4 is 0 Å². The van der Waals surface area contributed by atoms with E-state index in [0.29, 0.717) is 44.6 Å². The minimum Gasteiger partial charge on any atom is -0.467 e. The van der Waals surface area contributed by atoms with Crippen molar-refractivity contribution in [3.63, 3.8) is 0 Å². The van der Waals surface area contributed by atoms with E-state index in [-0.39, 0.29) is 17.7 Å². The number of benzene rings is 1. The van der Waals surface area contributed by atoms with Gasteiger partial charge in [0.25, 0.3) is 5.91 Å². The van der Waals surface area contributed by atoms with Gasteiger partial charge in [0.05, 0.1) is 26.0 Å². The molecule has 0 radical (unpaired) electrons. The van der Waals surface area contributed by atoms with Crippen LogP contribution in [0.1, 0.15) is 34.5 Å². The summed E-state index contributed by atoms with van der Waals surface area (Å²) in [6.45, 7) is 8.53. The molecule has 0 bridgehead atoms. The van der Waals surface area contributed by atoms with E-state index in [4.69, 9.17) is 9.15 Å². The van der Waals surface area contributed by atoms with Gasteiger partial charge >= 0.3 is 0 Å². The van der Waals surface area contributed by atoms with Crippen LogP contribution in [0.5, 0.6) is 0 Å². The van der Waals surface area contributed by atoms with E-state index >= 15 is 0 Å². The van der Waals surface area contributed by atoms with Crippen molar-refractivity contribution >= 4 is 11.8 Å². The normalized spacial score (nSPS) is 18.0. The molecule has 32 heavy (non-hydrogen) atoms. The van der Waals surface area contributed by atoms with Gasteiger partial charge in [-0.1, -0.05) is 17.7 Å². The fourth-order valence-corrected chi connectivity index (χ4v) is 4.41. The Morgan fingerprint density at radius 1 is 1.03 bits per heavy atom. The molecule has 4 rings (SSSR count). The summed E-state index contributed by atoms with van der Waals surface area (Å²) >= 11 is 0. The number of hydrogen-bond donors (Lipinski definition) is 0. The zero-order chi connectivity index (χ0) is 22.3. The number of ether oxygens (including phenoxy) is 1. The molecule has 0 unspecified atom stereocenters. The molecule has 2 aromatic rings. The molecule has 2 saturated heterocycles. The van der Waals surface area contributed by atoms with Crippen LogP contribution in [0.25, 0.3) is 0 Å². The molecule has 172 valence electrons. The number of carbonyl (C=O) groups is 2. The number of hydrogen-bond acceptors (Lipinski definition) is 5. The molecule has 1 aromatic heterocycles. The summed E-state index contributed by atoms with van der Waals surface area (Å²) < 4.78 is 11.0. The predicted molar refractivity (Wildman–Crippen MR) is 121 cm³/mol. The molecule has 3 heterocycles. The van der Waals surface area contributed by atoms with Crippen LogP contribution in [0.3, 0.4) is 0 Å². The highest BCUT2D eigenvalue weighted by atomic mass is 16.5. The second-order valence-corrected chi connectivity index (χ2v) is 8.73. The Hall–Kier alpha value is -2.64. The molecule has 0 aliphatic carbocycles. The average molecular weight is 440 g/mol. The maximum absolute atomic E-state index is 13.4. The summed E-state index contributed by atoms with van der Waals surface area (Å²) in [5.41, 5.74) is 1.85. The molecule has 1 aromatic carbocycles. The summed E-state index contributed by atoms with van der Waals surface area (Å²) in [4.78, 5) is 32.4. The third-order valence-electron chi connectivity index (χ3n) is 6.46. The summed E-state index contributed by atoms with van der Waals surface area (Å²) in [5.74, 6) is 0.955. The van der Waals surface area contributed by atoms with Gasteiger partial charge in [-0.15, -0.1) is 0 Å². The monoisotopic (exact) mass is 439 g/mol. The Morgan fingerprint density at radius 2 is 1.75 bits per heavy atom. The number of likely N-dealkylation sites (tertiary alicyclic amines) is 1. The van der Waals surface area contributed by atoms with Crippen molar-refractivity contribution in [1.29, 1.82) is 0 Å². The minimum absolute atomic E-state index is 0.0515. The fourth-order valence-electron chi connectivity index (χ4n) is 4.41. The molecular weight excluding hydrogens is 406 g/mol. The van der Waals surface area contributed by atoms with Gasteiger partial charge in [0.2, 0.25) is 5.91 Å². The Labute approximate surface area is 189 Å². The highest BCUT2D eigenvalue weighted by molar-refractivity contribution is 5.94. The number of furan rings is 1. The minimum atomic E-state index is -0.0586. The second kappa shape index (κ2) is 10.8. The number of aryl methyl sites for hydroxylation is 1. The molecular formula is C25H33N3O4.